The van der Waals surface area contributed by atoms with Gasteiger partial charge in [0.25, 0.3) is 5.91 Å². The number of rotatable bonds is 7. The van der Waals surface area contributed by atoms with Crippen molar-refractivity contribution in [3.05, 3.63) is 48.0 Å². The molecule has 3 N–H and O–H groups in total. The van der Waals surface area contributed by atoms with Crippen molar-refractivity contribution in [1.82, 2.24) is 10.9 Å². The molecule has 0 unspecified atom stereocenters. The Bertz CT molecular complexity index is 807. The molecule has 0 fully saturated rings. The van der Waals surface area contributed by atoms with E-state index in [0.29, 0.717) is 17.9 Å². The summed E-state index contributed by atoms with van der Waals surface area (Å²) < 4.78 is 15.6. The van der Waals surface area contributed by atoms with Crippen molar-refractivity contribution in [3.8, 4) is 17.2 Å². The molecule has 0 aromatic heterocycles. The second kappa shape index (κ2) is 8.79. The molecule has 0 saturated heterocycles. The van der Waals surface area contributed by atoms with Crippen LogP contribution in [0.1, 0.15) is 12.0 Å². The van der Waals surface area contributed by atoms with E-state index < -0.39 is 0 Å². The van der Waals surface area contributed by atoms with Gasteiger partial charge in [0.15, 0.2) is 11.5 Å². The van der Waals surface area contributed by atoms with E-state index in [1.165, 1.54) is 0 Å². The van der Waals surface area contributed by atoms with E-state index in [0.717, 1.165) is 17.0 Å². The fraction of sp³-hybridized carbons (Fsp3) is 0.263. The molecule has 0 radical (unpaired) electrons. The maximum atomic E-state index is 11.9. The van der Waals surface area contributed by atoms with E-state index in [2.05, 4.69) is 16.2 Å². The van der Waals surface area contributed by atoms with Crippen LogP contribution in [-0.2, 0) is 16.0 Å². The molecule has 0 atom stereocenters. The molecule has 8 nitrogen and oxygen atoms in total. The number of hydrogen-bond acceptors (Lipinski definition) is 6. The van der Waals surface area contributed by atoms with Gasteiger partial charge < -0.3 is 19.5 Å². The summed E-state index contributed by atoms with van der Waals surface area (Å²) in [5.74, 6) is 1.51. The van der Waals surface area contributed by atoms with Gasteiger partial charge in [-0.3, -0.25) is 20.4 Å². The molecule has 1 aliphatic rings. The standard InChI is InChI=1S/C19H21N3O5/c1-25-15-6-4-14(5-7-15)20-11-19(24)22-21-18(23)9-3-13-2-8-16-17(10-13)27-12-26-16/h2,4-8,10,20H,3,9,11-12H2,1H3,(H,21,23)(H,22,24). The van der Waals surface area contributed by atoms with Crippen LogP contribution in [0.25, 0.3) is 0 Å². The lowest BCUT2D eigenvalue weighted by molar-refractivity contribution is -0.128. The number of nitrogens with one attached hydrogen (secondary N) is 3. The van der Waals surface area contributed by atoms with Gasteiger partial charge in [0.2, 0.25) is 12.7 Å². The number of hydrazine groups is 1. The summed E-state index contributed by atoms with van der Waals surface area (Å²) >= 11 is 0. The van der Waals surface area contributed by atoms with Crippen molar-refractivity contribution < 1.29 is 23.8 Å². The van der Waals surface area contributed by atoms with Crippen LogP contribution >= 0.6 is 0 Å². The fourth-order valence-corrected chi connectivity index (χ4v) is 2.49. The highest BCUT2D eigenvalue weighted by Crippen LogP contribution is 2.32. The van der Waals surface area contributed by atoms with E-state index in [1.54, 1.807) is 31.4 Å². The molecule has 1 aliphatic heterocycles. The third-order valence-electron chi connectivity index (χ3n) is 3.96. The molecule has 3 rings (SSSR count). The van der Waals surface area contributed by atoms with Gasteiger partial charge in [0.05, 0.1) is 13.7 Å². The van der Waals surface area contributed by atoms with Crippen molar-refractivity contribution in [2.24, 2.45) is 0 Å². The summed E-state index contributed by atoms with van der Waals surface area (Å²) in [5, 5.41) is 2.96. The van der Waals surface area contributed by atoms with Crippen LogP contribution in [0.5, 0.6) is 17.2 Å². The summed E-state index contributed by atoms with van der Waals surface area (Å²) in [6.07, 6.45) is 0.772. The third-order valence-corrected chi connectivity index (χ3v) is 3.96. The summed E-state index contributed by atoms with van der Waals surface area (Å²) in [5.41, 5.74) is 6.53. The van der Waals surface area contributed by atoms with Crippen molar-refractivity contribution >= 4 is 17.5 Å². The van der Waals surface area contributed by atoms with Crippen LogP contribution in [0.3, 0.4) is 0 Å². The molecule has 0 aliphatic carbocycles. The Kier molecular flexibility index (Phi) is 5.98. The Balaban J connectivity index is 1.35. The Morgan fingerprint density at radius 3 is 2.52 bits per heavy atom. The maximum Gasteiger partial charge on any atom is 0.257 e. The predicted octanol–water partition coefficient (Wildman–Crippen LogP) is 1.62. The molecule has 2 aromatic carbocycles. The molecule has 0 saturated carbocycles. The van der Waals surface area contributed by atoms with Crippen LogP contribution in [-0.4, -0.2) is 32.3 Å². The summed E-state index contributed by atoms with van der Waals surface area (Å²) in [7, 11) is 1.59. The minimum Gasteiger partial charge on any atom is -0.497 e. The molecule has 1 heterocycles. The molecular formula is C19H21N3O5. The number of aryl methyl sites for hydroxylation is 1. The fourth-order valence-electron chi connectivity index (χ4n) is 2.49. The van der Waals surface area contributed by atoms with E-state index in [1.807, 2.05) is 18.2 Å². The number of fused-ring (bicyclic) bond motifs is 1. The predicted molar refractivity (Wildman–Crippen MR) is 98.7 cm³/mol. The summed E-state index contributed by atoms with van der Waals surface area (Å²) in [4.78, 5) is 23.7. The highest BCUT2D eigenvalue weighted by Gasteiger charge is 2.13. The van der Waals surface area contributed by atoms with E-state index >= 15 is 0 Å². The van der Waals surface area contributed by atoms with Gasteiger partial charge in [-0.1, -0.05) is 6.07 Å². The Morgan fingerprint density at radius 1 is 1.00 bits per heavy atom. The highest BCUT2D eigenvalue weighted by molar-refractivity contribution is 5.84. The number of ether oxygens (including phenoxy) is 3. The molecule has 0 bridgehead atoms. The number of hydrogen-bond donors (Lipinski definition) is 3. The molecular weight excluding hydrogens is 350 g/mol. The average molecular weight is 371 g/mol. The van der Waals surface area contributed by atoms with Gasteiger partial charge in [-0.05, 0) is 48.4 Å². The Hall–Kier alpha value is -3.42. The molecule has 27 heavy (non-hydrogen) atoms. The van der Waals surface area contributed by atoms with Crippen molar-refractivity contribution in [3.63, 3.8) is 0 Å². The monoisotopic (exact) mass is 371 g/mol. The van der Waals surface area contributed by atoms with Crippen LogP contribution < -0.4 is 30.4 Å². The zero-order valence-electron chi connectivity index (χ0n) is 14.9. The van der Waals surface area contributed by atoms with Crippen LogP contribution in [0, 0.1) is 0 Å². The van der Waals surface area contributed by atoms with Gasteiger partial charge in [-0.15, -0.1) is 0 Å². The van der Waals surface area contributed by atoms with Crippen LogP contribution in [0.4, 0.5) is 5.69 Å². The van der Waals surface area contributed by atoms with Gasteiger partial charge in [-0.25, -0.2) is 0 Å². The second-order valence-corrected chi connectivity index (χ2v) is 5.87. The summed E-state index contributed by atoms with van der Waals surface area (Å²) in [6.45, 7) is 0.255. The van der Waals surface area contributed by atoms with Crippen molar-refractivity contribution in [1.29, 1.82) is 0 Å². The lowest BCUT2D eigenvalue weighted by atomic mass is 10.1. The maximum absolute atomic E-state index is 11.9. The molecule has 8 heteroatoms. The lowest BCUT2D eigenvalue weighted by Gasteiger charge is -2.09. The molecule has 142 valence electrons. The Morgan fingerprint density at radius 2 is 1.74 bits per heavy atom. The third kappa shape index (κ3) is 5.27. The zero-order valence-corrected chi connectivity index (χ0v) is 14.9. The second-order valence-electron chi connectivity index (χ2n) is 5.87. The Labute approximate surface area is 156 Å². The first-order valence-corrected chi connectivity index (χ1v) is 8.48. The van der Waals surface area contributed by atoms with Crippen molar-refractivity contribution in [2.75, 3.05) is 25.8 Å². The van der Waals surface area contributed by atoms with Crippen molar-refractivity contribution in [2.45, 2.75) is 12.8 Å². The van der Waals surface area contributed by atoms with E-state index in [-0.39, 0.29) is 31.6 Å². The van der Waals surface area contributed by atoms with E-state index in [4.69, 9.17) is 14.2 Å². The molecule has 2 aromatic rings. The largest absolute Gasteiger partial charge is 0.497 e. The van der Waals surface area contributed by atoms with Crippen LogP contribution in [0.2, 0.25) is 0 Å². The zero-order chi connectivity index (χ0) is 19.1. The van der Waals surface area contributed by atoms with Gasteiger partial charge in [-0.2, -0.15) is 0 Å². The summed E-state index contributed by atoms with van der Waals surface area (Å²) in [6, 6.07) is 12.7. The number of benzene rings is 2. The van der Waals surface area contributed by atoms with Gasteiger partial charge in [0, 0.05) is 12.1 Å². The number of methoxy groups -OCH3 is 1. The number of carbonyl (C=O) groups excluding carboxylic acids is 2. The molecule has 2 amide bonds. The number of anilines is 1. The van der Waals surface area contributed by atoms with Crippen LogP contribution in [0.15, 0.2) is 42.5 Å². The SMILES string of the molecule is COc1ccc(NCC(=O)NNC(=O)CCc2ccc3c(c2)OCO3)cc1. The van der Waals surface area contributed by atoms with Gasteiger partial charge in [0.1, 0.15) is 5.75 Å². The highest BCUT2D eigenvalue weighted by atomic mass is 16.7. The average Bonchev–Trinajstić information content (AvgIpc) is 3.17. The minimum atomic E-state index is -0.345. The normalized spacial score (nSPS) is 11.6. The molecule has 0 spiro atoms. The van der Waals surface area contributed by atoms with E-state index in [9.17, 15) is 9.59 Å². The first-order valence-electron chi connectivity index (χ1n) is 8.48. The smallest absolute Gasteiger partial charge is 0.257 e. The minimum absolute atomic E-state index is 0.0365. The first kappa shape index (κ1) is 18.4. The number of amides is 2. The number of carbonyl (C=O) groups is 2. The topological polar surface area (TPSA) is 97.9 Å². The van der Waals surface area contributed by atoms with Gasteiger partial charge >= 0.3 is 0 Å². The quantitative estimate of drug-likeness (QED) is 0.640. The first-order chi connectivity index (χ1) is 13.1. The lowest BCUT2D eigenvalue weighted by Crippen LogP contribution is -2.44.